The van der Waals surface area contributed by atoms with Crippen molar-refractivity contribution in [3.05, 3.63) is 47.0 Å². The van der Waals surface area contributed by atoms with Crippen molar-refractivity contribution >= 4 is 11.8 Å². The summed E-state index contributed by atoms with van der Waals surface area (Å²) >= 11 is 0. The van der Waals surface area contributed by atoms with Crippen LogP contribution in [0.4, 0.5) is 4.39 Å². The molecule has 3 aliphatic rings. The SMILES string of the molecule is C[C@H]1CN(C(=O)c2nn(CC(=O)N3CCC(Oc4ccccc4F)CC3)c3c2CCC3)CCO1. The van der Waals surface area contributed by atoms with Crippen molar-refractivity contribution in [3.8, 4) is 5.75 Å². The van der Waals surface area contributed by atoms with Crippen LogP contribution in [-0.4, -0.2) is 76.4 Å². The first kappa shape index (κ1) is 22.8. The zero-order valence-electron chi connectivity index (χ0n) is 19.5. The smallest absolute Gasteiger partial charge is 0.274 e. The number of hydrogen-bond donors (Lipinski definition) is 0. The maximum atomic E-state index is 13.9. The van der Waals surface area contributed by atoms with Crippen molar-refractivity contribution in [3.63, 3.8) is 0 Å². The van der Waals surface area contributed by atoms with E-state index in [4.69, 9.17) is 9.47 Å². The van der Waals surface area contributed by atoms with E-state index in [1.54, 1.807) is 22.9 Å². The van der Waals surface area contributed by atoms with Gasteiger partial charge in [0.15, 0.2) is 17.3 Å². The van der Waals surface area contributed by atoms with Crippen LogP contribution in [0, 0.1) is 5.82 Å². The zero-order chi connectivity index (χ0) is 23.7. The van der Waals surface area contributed by atoms with E-state index in [9.17, 15) is 14.0 Å². The van der Waals surface area contributed by atoms with E-state index in [0.717, 1.165) is 30.5 Å². The molecule has 2 aromatic rings. The number of ether oxygens (including phenoxy) is 2. The molecule has 9 heteroatoms. The lowest BCUT2D eigenvalue weighted by atomic mass is 10.1. The zero-order valence-corrected chi connectivity index (χ0v) is 19.5. The molecular formula is C25H31FN4O4. The Morgan fingerprint density at radius 3 is 2.71 bits per heavy atom. The molecule has 3 heterocycles. The summed E-state index contributed by atoms with van der Waals surface area (Å²) in [5.74, 6) is -0.192. The fourth-order valence-electron chi connectivity index (χ4n) is 5.14. The lowest BCUT2D eigenvalue weighted by molar-refractivity contribution is -0.133. The predicted molar refractivity (Wildman–Crippen MR) is 122 cm³/mol. The Kier molecular flexibility index (Phi) is 6.54. The number of nitrogens with zero attached hydrogens (tertiary/aromatic N) is 4. The highest BCUT2D eigenvalue weighted by Crippen LogP contribution is 2.27. The Morgan fingerprint density at radius 1 is 1.15 bits per heavy atom. The fourth-order valence-corrected chi connectivity index (χ4v) is 5.14. The minimum Gasteiger partial charge on any atom is -0.487 e. The molecule has 2 fully saturated rings. The molecule has 1 aromatic heterocycles. The van der Waals surface area contributed by atoms with Crippen LogP contribution in [0.1, 0.15) is 47.9 Å². The molecule has 182 valence electrons. The van der Waals surface area contributed by atoms with E-state index in [0.29, 0.717) is 51.3 Å². The lowest BCUT2D eigenvalue weighted by Gasteiger charge is -2.32. The van der Waals surface area contributed by atoms with Crippen LogP contribution in [0.3, 0.4) is 0 Å². The standard InChI is InChI=1S/C25H31FN4O4/c1-17-15-29(13-14-33-17)25(32)24-19-5-4-7-21(19)30(27-24)16-23(31)28-11-9-18(10-12-28)34-22-8-3-2-6-20(22)26/h2-3,6,8,17-18H,4-5,7,9-16H2,1H3/t17-/m0/s1. The minimum atomic E-state index is -0.370. The van der Waals surface area contributed by atoms with E-state index < -0.39 is 0 Å². The van der Waals surface area contributed by atoms with Gasteiger partial charge in [0.1, 0.15) is 12.6 Å². The van der Waals surface area contributed by atoms with Crippen LogP contribution in [0.15, 0.2) is 24.3 Å². The Balaban J connectivity index is 1.21. The molecule has 34 heavy (non-hydrogen) atoms. The molecule has 0 spiro atoms. The highest BCUT2D eigenvalue weighted by Gasteiger charge is 2.32. The topological polar surface area (TPSA) is 76.9 Å². The number of carbonyl (C=O) groups is 2. The van der Waals surface area contributed by atoms with Crippen molar-refractivity contribution in [2.45, 2.75) is 57.8 Å². The second-order valence-electron chi connectivity index (χ2n) is 9.35. The van der Waals surface area contributed by atoms with Gasteiger partial charge in [0, 0.05) is 50.3 Å². The Labute approximate surface area is 198 Å². The van der Waals surface area contributed by atoms with E-state index in [2.05, 4.69) is 5.10 Å². The van der Waals surface area contributed by atoms with E-state index in [1.165, 1.54) is 6.07 Å². The van der Waals surface area contributed by atoms with Gasteiger partial charge < -0.3 is 19.3 Å². The second kappa shape index (κ2) is 9.74. The van der Waals surface area contributed by atoms with Gasteiger partial charge in [0.25, 0.3) is 5.91 Å². The predicted octanol–water partition coefficient (Wildman–Crippen LogP) is 2.44. The van der Waals surface area contributed by atoms with Gasteiger partial charge >= 0.3 is 0 Å². The van der Waals surface area contributed by atoms with Crippen LogP contribution in [-0.2, 0) is 28.9 Å². The van der Waals surface area contributed by atoms with Gasteiger partial charge in [0.05, 0.1) is 12.7 Å². The summed E-state index contributed by atoms with van der Waals surface area (Å²) in [5, 5.41) is 4.62. The second-order valence-corrected chi connectivity index (χ2v) is 9.35. The van der Waals surface area contributed by atoms with Gasteiger partial charge in [-0.15, -0.1) is 0 Å². The summed E-state index contributed by atoms with van der Waals surface area (Å²) in [6.45, 7) is 4.86. The van der Waals surface area contributed by atoms with Crippen LogP contribution in [0.25, 0.3) is 0 Å². The number of halogens is 1. The third-order valence-electron chi connectivity index (χ3n) is 6.95. The Bertz CT molecular complexity index is 1060. The van der Waals surface area contributed by atoms with Gasteiger partial charge in [0.2, 0.25) is 5.91 Å². The molecule has 0 N–H and O–H groups in total. The average Bonchev–Trinajstić information content (AvgIpc) is 3.44. The number of fused-ring (bicyclic) bond motifs is 1. The van der Waals surface area contributed by atoms with Gasteiger partial charge in [-0.3, -0.25) is 14.3 Å². The highest BCUT2D eigenvalue weighted by molar-refractivity contribution is 5.94. The van der Waals surface area contributed by atoms with E-state index in [1.807, 2.05) is 16.7 Å². The molecule has 0 radical (unpaired) electrons. The van der Waals surface area contributed by atoms with Gasteiger partial charge in [-0.25, -0.2) is 4.39 Å². The number of carbonyl (C=O) groups excluding carboxylic acids is 2. The van der Waals surface area contributed by atoms with Crippen molar-refractivity contribution < 1.29 is 23.5 Å². The number of aromatic nitrogens is 2. The van der Waals surface area contributed by atoms with Crippen LogP contribution in [0.2, 0.25) is 0 Å². The van der Waals surface area contributed by atoms with Crippen molar-refractivity contribution in [1.82, 2.24) is 19.6 Å². The summed E-state index contributed by atoms with van der Waals surface area (Å²) in [5.41, 5.74) is 2.50. The molecule has 8 nitrogen and oxygen atoms in total. The molecule has 2 saturated heterocycles. The molecule has 2 amide bonds. The largest absolute Gasteiger partial charge is 0.487 e. The number of likely N-dealkylation sites (tertiary alicyclic amines) is 1. The summed E-state index contributed by atoms with van der Waals surface area (Å²) in [7, 11) is 0. The van der Waals surface area contributed by atoms with Crippen LogP contribution < -0.4 is 4.74 Å². The van der Waals surface area contributed by atoms with Crippen LogP contribution >= 0.6 is 0 Å². The molecule has 1 atom stereocenters. The molecule has 0 saturated carbocycles. The number of piperidine rings is 1. The number of para-hydroxylation sites is 1. The molecule has 1 aromatic carbocycles. The van der Waals surface area contributed by atoms with Crippen molar-refractivity contribution in [2.24, 2.45) is 0 Å². The van der Waals surface area contributed by atoms with Crippen molar-refractivity contribution in [1.29, 1.82) is 0 Å². The Morgan fingerprint density at radius 2 is 1.94 bits per heavy atom. The molecule has 2 aliphatic heterocycles. The number of amides is 2. The maximum Gasteiger partial charge on any atom is 0.274 e. The summed E-state index contributed by atoms with van der Waals surface area (Å²) in [6.07, 6.45) is 3.83. The number of hydrogen-bond acceptors (Lipinski definition) is 5. The summed E-state index contributed by atoms with van der Waals surface area (Å²) in [4.78, 5) is 29.9. The van der Waals surface area contributed by atoms with Gasteiger partial charge in [-0.1, -0.05) is 12.1 Å². The normalized spacial score (nSPS) is 20.9. The number of morpholine rings is 1. The summed E-state index contributed by atoms with van der Waals surface area (Å²) in [6, 6.07) is 6.39. The first-order valence-corrected chi connectivity index (χ1v) is 12.2. The monoisotopic (exact) mass is 470 g/mol. The fraction of sp³-hybridized carbons (Fsp3) is 0.560. The lowest BCUT2D eigenvalue weighted by Crippen LogP contribution is -2.45. The minimum absolute atomic E-state index is 0.0134. The summed E-state index contributed by atoms with van der Waals surface area (Å²) < 4.78 is 27.0. The Hall–Kier alpha value is -2.94. The maximum absolute atomic E-state index is 13.9. The molecule has 0 unspecified atom stereocenters. The third kappa shape index (κ3) is 4.66. The molecule has 1 aliphatic carbocycles. The van der Waals surface area contributed by atoms with Gasteiger partial charge in [-0.05, 0) is 38.3 Å². The first-order chi connectivity index (χ1) is 16.5. The van der Waals surface area contributed by atoms with Crippen LogP contribution in [0.5, 0.6) is 5.75 Å². The van der Waals surface area contributed by atoms with E-state index >= 15 is 0 Å². The molecule has 0 bridgehead atoms. The van der Waals surface area contributed by atoms with Crippen molar-refractivity contribution in [2.75, 3.05) is 32.8 Å². The number of benzene rings is 1. The average molecular weight is 471 g/mol. The molecule has 5 rings (SSSR count). The van der Waals surface area contributed by atoms with Gasteiger partial charge in [-0.2, -0.15) is 5.10 Å². The third-order valence-corrected chi connectivity index (χ3v) is 6.95. The van der Waals surface area contributed by atoms with E-state index in [-0.39, 0.29) is 42.1 Å². The highest BCUT2D eigenvalue weighted by atomic mass is 19.1. The first-order valence-electron chi connectivity index (χ1n) is 12.2. The number of rotatable bonds is 5. The molecular weight excluding hydrogens is 439 g/mol. The quantitative estimate of drug-likeness (QED) is 0.671.